The molecule has 3 aromatic rings. The van der Waals surface area contributed by atoms with Crippen molar-refractivity contribution in [1.29, 1.82) is 0 Å². The molecule has 4 heterocycles. The summed E-state index contributed by atoms with van der Waals surface area (Å²) in [7, 11) is 0. The molecule has 3 aliphatic rings. The summed E-state index contributed by atoms with van der Waals surface area (Å²) in [6, 6.07) is 8.60. The Hall–Kier alpha value is -2.68. The number of rotatable bonds is 7. The Morgan fingerprint density at radius 3 is 2.89 bits per heavy atom. The van der Waals surface area contributed by atoms with Gasteiger partial charge in [0.1, 0.15) is 30.1 Å². The van der Waals surface area contributed by atoms with Gasteiger partial charge in [0.15, 0.2) is 0 Å². The summed E-state index contributed by atoms with van der Waals surface area (Å²) >= 11 is 0. The van der Waals surface area contributed by atoms with Crippen LogP contribution in [-0.2, 0) is 4.74 Å². The molecular formula is C27H35N5O3. The Morgan fingerprint density at radius 1 is 1.17 bits per heavy atom. The third kappa shape index (κ3) is 4.75. The lowest BCUT2D eigenvalue weighted by molar-refractivity contribution is -0.0110. The second-order valence-corrected chi connectivity index (χ2v) is 10.4. The number of hydrogen-bond donors (Lipinski definition) is 2. The van der Waals surface area contributed by atoms with Crippen molar-refractivity contribution in [3.05, 3.63) is 36.8 Å². The van der Waals surface area contributed by atoms with Crippen LogP contribution in [0.25, 0.3) is 22.2 Å². The minimum atomic E-state index is -0.156. The number of β-amino-alcohol motifs (C(OH)–C–C–N with tert-alkyl or cyclic N) is 1. The van der Waals surface area contributed by atoms with Crippen LogP contribution in [0.4, 0.5) is 5.82 Å². The van der Waals surface area contributed by atoms with Crippen LogP contribution < -0.4 is 10.5 Å². The van der Waals surface area contributed by atoms with E-state index < -0.39 is 0 Å². The molecule has 2 aromatic heterocycles. The molecule has 186 valence electrons. The third-order valence-corrected chi connectivity index (χ3v) is 7.86. The summed E-state index contributed by atoms with van der Waals surface area (Å²) in [5.41, 5.74) is 9.37. The molecule has 1 aliphatic carbocycles. The van der Waals surface area contributed by atoms with Gasteiger partial charge in [0.25, 0.3) is 0 Å². The molecule has 3 N–H and O–H groups in total. The summed E-state index contributed by atoms with van der Waals surface area (Å²) < 4.78 is 14.2. The second-order valence-electron chi connectivity index (χ2n) is 10.4. The lowest BCUT2D eigenvalue weighted by Gasteiger charge is -2.38. The van der Waals surface area contributed by atoms with E-state index in [2.05, 4.69) is 37.8 Å². The van der Waals surface area contributed by atoms with E-state index in [1.807, 2.05) is 12.1 Å². The number of anilines is 1. The summed E-state index contributed by atoms with van der Waals surface area (Å²) in [5, 5.41) is 10.7. The van der Waals surface area contributed by atoms with Crippen LogP contribution in [0.1, 0.15) is 44.6 Å². The smallest absolute Gasteiger partial charge is 0.146 e. The average Bonchev–Trinajstić information content (AvgIpc) is 3.45. The van der Waals surface area contributed by atoms with Gasteiger partial charge in [0.05, 0.1) is 17.6 Å². The van der Waals surface area contributed by atoms with Crippen LogP contribution in [-0.4, -0.2) is 69.6 Å². The standard InChI is InChI=1S/C27H35N5O3/c28-26-25-24(19-4-3-6-22(12-19)35-16-23-5-1-2-9-34-23)15-32(27(25)30-17-29-26)20-10-18(11-20)13-31-8-7-21(33)14-31/h3-4,6,12,15,17-18,20-21,23,33H,1-2,5,7-11,13-14,16H2,(H2,28,29,30)/t18?,20?,21?,23-/m0/s1. The van der Waals surface area contributed by atoms with E-state index >= 15 is 0 Å². The van der Waals surface area contributed by atoms with Crippen molar-refractivity contribution in [2.75, 3.05) is 38.6 Å². The Kier molecular flexibility index (Phi) is 6.35. The topological polar surface area (TPSA) is 98.7 Å². The highest BCUT2D eigenvalue weighted by atomic mass is 16.5. The first-order chi connectivity index (χ1) is 17.1. The number of aliphatic hydroxyl groups excluding tert-OH is 1. The SMILES string of the molecule is Nc1ncnc2c1c(-c1cccc(OC[C@@H]3CCCCO3)c1)cn2C1CC(CN2CCC(O)C2)C1. The fraction of sp³-hybridized carbons (Fsp3) is 0.556. The van der Waals surface area contributed by atoms with Gasteiger partial charge in [-0.05, 0) is 62.1 Å². The normalized spacial score (nSPS) is 27.2. The average molecular weight is 478 g/mol. The fourth-order valence-electron chi connectivity index (χ4n) is 5.91. The number of aromatic nitrogens is 3. The van der Waals surface area contributed by atoms with E-state index in [0.717, 1.165) is 86.3 Å². The highest BCUT2D eigenvalue weighted by Crippen LogP contribution is 2.43. The molecule has 3 fully saturated rings. The quantitative estimate of drug-likeness (QED) is 0.536. The zero-order valence-electron chi connectivity index (χ0n) is 20.2. The van der Waals surface area contributed by atoms with Gasteiger partial charge in [-0.25, -0.2) is 9.97 Å². The lowest BCUT2D eigenvalue weighted by Crippen LogP contribution is -2.36. The van der Waals surface area contributed by atoms with Crippen LogP contribution >= 0.6 is 0 Å². The number of likely N-dealkylation sites (tertiary alicyclic amines) is 1. The van der Waals surface area contributed by atoms with E-state index in [1.165, 1.54) is 6.42 Å². The van der Waals surface area contributed by atoms with Crippen LogP contribution in [0.2, 0.25) is 0 Å². The molecule has 35 heavy (non-hydrogen) atoms. The monoisotopic (exact) mass is 477 g/mol. The molecule has 2 aliphatic heterocycles. The van der Waals surface area contributed by atoms with E-state index in [4.69, 9.17) is 15.2 Å². The highest BCUT2D eigenvalue weighted by molar-refractivity contribution is 6.00. The minimum Gasteiger partial charge on any atom is -0.491 e. The summed E-state index contributed by atoms with van der Waals surface area (Å²) in [6.07, 6.45) is 10.3. The molecule has 6 rings (SSSR count). The molecule has 0 spiro atoms. The van der Waals surface area contributed by atoms with Gasteiger partial charge in [-0.15, -0.1) is 0 Å². The van der Waals surface area contributed by atoms with Crippen molar-refractivity contribution in [3.63, 3.8) is 0 Å². The van der Waals surface area contributed by atoms with Crippen LogP contribution in [0.3, 0.4) is 0 Å². The number of aliphatic hydroxyl groups is 1. The van der Waals surface area contributed by atoms with Crippen molar-refractivity contribution in [3.8, 4) is 16.9 Å². The number of nitrogen functional groups attached to an aromatic ring is 1. The maximum atomic E-state index is 9.82. The fourth-order valence-corrected chi connectivity index (χ4v) is 5.91. The number of fused-ring (bicyclic) bond motifs is 1. The first kappa shape index (κ1) is 22.8. The van der Waals surface area contributed by atoms with Gasteiger partial charge >= 0.3 is 0 Å². The number of nitrogens with two attached hydrogens (primary N) is 1. The predicted octanol–water partition coefficient (Wildman–Crippen LogP) is 3.65. The Labute approximate surface area is 206 Å². The van der Waals surface area contributed by atoms with Crippen molar-refractivity contribution < 1.29 is 14.6 Å². The molecule has 0 bridgehead atoms. The Bertz CT molecular complexity index is 1170. The van der Waals surface area contributed by atoms with Gasteiger partial charge < -0.3 is 29.8 Å². The van der Waals surface area contributed by atoms with E-state index in [9.17, 15) is 5.11 Å². The first-order valence-corrected chi connectivity index (χ1v) is 13.0. The molecule has 1 saturated carbocycles. The predicted molar refractivity (Wildman–Crippen MR) is 135 cm³/mol. The number of ether oxygens (including phenoxy) is 2. The van der Waals surface area contributed by atoms with E-state index in [-0.39, 0.29) is 12.2 Å². The summed E-state index contributed by atoms with van der Waals surface area (Å²) in [6.45, 7) is 4.30. The molecule has 2 saturated heterocycles. The first-order valence-electron chi connectivity index (χ1n) is 13.0. The van der Waals surface area contributed by atoms with E-state index in [0.29, 0.717) is 24.4 Å². The molecule has 0 amide bonds. The molecule has 8 heteroatoms. The zero-order chi connectivity index (χ0) is 23.8. The molecule has 2 atom stereocenters. The third-order valence-electron chi connectivity index (χ3n) is 7.86. The van der Waals surface area contributed by atoms with Crippen molar-refractivity contribution in [2.45, 2.75) is 56.8 Å². The Morgan fingerprint density at radius 2 is 2.09 bits per heavy atom. The highest BCUT2D eigenvalue weighted by Gasteiger charge is 2.35. The van der Waals surface area contributed by atoms with Crippen molar-refractivity contribution in [1.82, 2.24) is 19.4 Å². The Balaban J connectivity index is 1.21. The maximum absolute atomic E-state index is 9.82. The largest absolute Gasteiger partial charge is 0.491 e. The van der Waals surface area contributed by atoms with Crippen molar-refractivity contribution >= 4 is 16.9 Å². The van der Waals surface area contributed by atoms with Crippen LogP contribution in [0.5, 0.6) is 5.75 Å². The molecule has 1 aromatic carbocycles. The summed E-state index contributed by atoms with van der Waals surface area (Å²) in [4.78, 5) is 11.3. The lowest BCUT2D eigenvalue weighted by atomic mass is 9.79. The minimum absolute atomic E-state index is 0.156. The number of nitrogens with zero attached hydrogens (tertiary/aromatic N) is 4. The van der Waals surface area contributed by atoms with Crippen LogP contribution in [0.15, 0.2) is 36.8 Å². The van der Waals surface area contributed by atoms with Gasteiger partial charge in [-0.3, -0.25) is 0 Å². The molecule has 1 unspecified atom stereocenters. The number of benzene rings is 1. The van der Waals surface area contributed by atoms with Gasteiger partial charge in [-0.2, -0.15) is 0 Å². The molecule has 0 radical (unpaired) electrons. The van der Waals surface area contributed by atoms with E-state index in [1.54, 1.807) is 6.33 Å². The summed E-state index contributed by atoms with van der Waals surface area (Å²) in [5.74, 6) is 2.00. The number of hydrogen-bond acceptors (Lipinski definition) is 7. The maximum Gasteiger partial charge on any atom is 0.146 e. The van der Waals surface area contributed by atoms with Crippen molar-refractivity contribution in [2.24, 2.45) is 5.92 Å². The molecule has 8 nitrogen and oxygen atoms in total. The zero-order valence-corrected chi connectivity index (χ0v) is 20.2. The van der Waals surface area contributed by atoms with Gasteiger partial charge in [0, 0.05) is 44.0 Å². The second kappa shape index (κ2) is 9.76. The van der Waals surface area contributed by atoms with Gasteiger partial charge in [-0.1, -0.05) is 12.1 Å². The van der Waals surface area contributed by atoms with Crippen LogP contribution in [0, 0.1) is 5.92 Å². The van der Waals surface area contributed by atoms with Gasteiger partial charge in [0.2, 0.25) is 0 Å². The molecular weight excluding hydrogens is 442 g/mol.